The summed E-state index contributed by atoms with van der Waals surface area (Å²) in [6.07, 6.45) is 0. The van der Waals surface area contributed by atoms with Crippen LogP contribution in [0.4, 0.5) is 0 Å². The number of para-hydroxylation sites is 6. The van der Waals surface area contributed by atoms with E-state index >= 15 is 0 Å². The number of rotatable bonds is 12. The van der Waals surface area contributed by atoms with Crippen molar-refractivity contribution in [2.75, 3.05) is 0 Å². The maximum absolute atomic E-state index is 5.59. The Morgan fingerprint density at radius 3 is 1.26 bits per heavy atom. The third kappa shape index (κ3) is 10.6. The average molecular weight is 1430 g/mol. The monoisotopic (exact) mass is 1430 g/mol. The van der Waals surface area contributed by atoms with Gasteiger partial charge >= 0.3 is 0 Å². The Morgan fingerprint density at radius 1 is 0.205 bits per heavy atom. The molecule has 0 saturated carbocycles. The van der Waals surface area contributed by atoms with Crippen LogP contribution in [0.15, 0.2) is 364 Å². The lowest BCUT2D eigenvalue weighted by atomic mass is 9.97. The molecule has 22 rings (SSSR count). The lowest BCUT2D eigenvalue weighted by Crippen LogP contribution is -2.09. The quantitative estimate of drug-likeness (QED) is 0.121. The van der Waals surface area contributed by atoms with Crippen LogP contribution in [-0.2, 0) is 0 Å². The highest BCUT2D eigenvalue weighted by molar-refractivity contribution is 6.14. The summed E-state index contributed by atoms with van der Waals surface area (Å²) in [5, 5.41) is 10.1. The second kappa shape index (κ2) is 25.9. The van der Waals surface area contributed by atoms with E-state index in [1.807, 2.05) is 18.2 Å². The molecule has 0 unspecified atom stereocenters. The topological polar surface area (TPSA) is 97.1 Å². The van der Waals surface area contributed by atoms with Gasteiger partial charge in [0.2, 0.25) is 5.95 Å². The standard InChI is InChI=1S/C102H66N10/c1-63-39-40-64(2)109(63)101-87-61-72(50-57-89(87)104-102(108-101)112-92-37-17-11-27-79(92)80-28-12-18-38-93(80)112)73-51-58-94-86(60-73)82-30-13-16-36-91(82)110(94)76-54-47-67(48-55-76)71-25-19-26-75(59-71)100-106-97(69-23-7-4-8-24-69)85-33-20-32-78(98(85)107-100)74-49-56-83-81-29-10-15-35-90(81)111(95(83)62-74)77-52-45-66(46-53-77)65-41-43-70(44-42-65)99-103-88-34-14-9-31-84(88)96(105-99)68-21-5-3-6-22-68/h3-62H,1-2H3. The Hall–Kier alpha value is -15.0. The summed E-state index contributed by atoms with van der Waals surface area (Å²) in [6, 6.07) is 130. The normalized spacial score (nSPS) is 11.8. The fourth-order valence-corrected chi connectivity index (χ4v) is 17.1. The van der Waals surface area contributed by atoms with Crippen molar-refractivity contribution in [1.29, 1.82) is 0 Å². The van der Waals surface area contributed by atoms with Crippen molar-refractivity contribution in [3.8, 4) is 113 Å². The molecule has 7 heterocycles. The summed E-state index contributed by atoms with van der Waals surface area (Å²) < 4.78 is 9.25. The van der Waals surface area contributed by atoms with Crippen LogP contribution in [0.2, 0.25) is 0 Å². The van der Waals surface area contributed by atoms with Crippen LogP contribution in [0.25, 0.3) is 211 Å². The second-order valence-electron chi connectivity index (χ2n) is 29.1. The third-order valence-corrected chi connectivity index (χ3v) is 22.5. The van der Waals surface area contributed by atoms with E-state index in [1.54, 1.807) is 0 Å². The summed E-state index contributed by atoms with van der Waals surface area (Å²) in [7, 11) is 0. The molecule has 0 aliphatic carbocycles. The van der Waals surface area contributed by atoms with Gasteiger partial charge in [-0.05, 0) is 156 Å². The Bertz CT molecular complexity index is 7480. The van der Waals surface area contributed by atoms with Gasteiger partial charge < -0.3 is 13.7 Å². The van der Waals surface area contributed by atoms with E-state index in [0.717, 1.165) is 173 Å². The van der Waals surface area contributed by atoms with Crippen molar-refractivity contribution in [1.82, 2.24) is 48.2 Å². The van der Waals surface area contributed by atoms with Gasteiger partial charge in [-0.3, -0.25) is 4.57 Å². The van der Waals surface area contributed by atoms with Crippen molar-refractivity contribution in [2.24, 2.45) is 0 Å². The molecule has 0 radical (unpaired) electrons. The average Bonchev–Trinajstić information content (AvgIpc) is 1.54. The Labute approximate surface area is 644 Å². The number of aromatic nitrogens is 10. The van der Waals surface area contributed by atoms with Gasteiger partial charge in [0.15, 0.2) is 17.5 Å². The predicted molar refractivity (Wildman–Crippen MR) is 461 cm³/mol. The van der Waals surface area contributed by atoms with E-state index in [-0.39, 0.29) is 0 Å². The number of hydrogen-bond donors (Lipinski definition) is 0. The van der Waals surface area contributed by atoms with Crippen molar-refractivity contribution >= 4 is 98.1 Å². The molecule has 0 aliphatic rings. The van der Waals surface area contributed by atoms with E-state index in [4.69, 9.17) is 29.9 Å². The second-order valence-corrected chi connectivity index (χ2v) is 29.1. The lowest BCUT2D eigenvalue weighted by molar-refractivity contribution is 0.900. The molecule has 0 amide bonds. The number of hydrogen-bond acceptors (Lipinski definition) is 6. The molecule has 7 aromatic heterocycles. The molecule has 112 heavy (non-hydrogen) atoms. The highest BCUT2D eigenvalue weighted by Crippen LogP contribution is 2.43. The lowest BCUT2D eigenvalue weighted by Gasteiger charge is -2.16. The van der Waals surface area contributed by atoms with Crippen molar-refractivity contribution < 1.29 is 0 Å². The molecule has 0 bridgehead atoms. The van der Waals surface area contributed by atoms with Gasteiger partial charge in [-0.15, -0.1) is 0 Å². The van der Waals surface area contributed by atoms with Gasteiger partial charge in [0.05, 0.1) is 61.0 Å². The van der Waals surface area contributed by atoms with Crippen LogP contribution >= 0.6 is 0 Å². The maximum Gasteiger partial charge on any atom is 0.237 e. The van der Waals surface area contributed by atoms with Crippen LogP contribution in [0.5, 0.6) is 0 Å². The van der Waals surface area contributed by atoms with Gasteiger partial charge in [-0.1, -0.05) is 261 Å². The maximum atomic E-state index is 5.59. The molecule has 524 valence electrons. The first-order valence-electron chi connectivity index (χ1n) is 38.0. The Morgan fingerprint density at radius 2 is 0.625 bits per heavy atom. The molecule has 10 heteroatoms. The smallest absolute Gasteiger partial charge is 0.237 e. The van der Waals surface area contributed by atoms with Crippen molar-refractivity contribution in [3.05, 3.63) is 375 Å². The molecule has 0 saturated heterocycles. The summed E-state index contributed by atoms with van der Waals surface area (Å²) in [5.74, 6) is 2.84. The molecule has 15 aromatic carbocycles. The van der Waals surface area contributed by atoms with Gasteiger partial charge in [0, 0.05) is 99.1 Å². The minimum Gasteiger partial charge on any atom is -0.309 e. The molecule has 0 N–H and O–H groups in total. The fourth-order valence-electron chi connectivity index (χ4n) is 17.1. The Balaban J connectivity index is 0.588. The van der Waals surface area contributed by atoms with Crippen LogP contribution in [0.3, 0.4) is 0 Å². The van der Waals surface area contributed by atoms with E-state index in [0.29, 0.717) is 17.6 Å². The van der Waals surface area contributed by atoms with Crippen LogP contribution in [0.1, 0.15) is 11.4 Å². The molecular weight excluding hydrogens is 1370 g/mol. The van der Waals surface area contributed by atoms with Crippen LogP contribution in [-0.4, -0.2) is 48.2 Å². The largest absolute Gasteiger partial charge is 0.309 e. The highest BCUT2D eigenvalue weighted by atomic mass is 15.2. The van der Waals surface area contributed by atoms with Gasteiger partial charge in [0.25, 0.3) is 0 Å². The number of nitrogens with zero attached hydrogens (tertiary/aromatic N) is 10. The summed E-state index contributed by atoms with van der Waals surface area (Å²) >= 11 is 0. The highest BCUT2D eigenvalue weighted by Gasteiger charge is 2.24. The number of fused-ring (bicyclic) bond motifs is 12. The van der Waals surface area contributed by atoms with Gasteiger partial charge in [-0.25, -0.2) is 24.9 Å². The zero-order valence-electron chi connectivity index (χ0n) is 61.1. The van der Waals surface area contributed by atoms with E-state index < -0.39 is 0 Å². The SMILES string of the molecule is Cc1ccc(C)n1-c1nc(-n2c3ccccc3c3ccccc32)nc2ccc(-c3ccc4c(c3)c3ccccc3n4-c3ccc(-c4cccc(-c5nc(-c6ccccc6)c6cccc(-c7ccc8c9ccccc9n(-c9ccc(-c%10ccc(-c%11nc(-c%12ccccc%12)c%12ccccc%12n%11)cc%10)cc9)c8c7)c6n5)c4)cc3)cc12. The molecule has 0 fully saturated rings. The van der Waals surface area contributed by atoms with Crippen molar-refractivity contribution in [2.45, 2.75) is 13.8 Å². The predicted octanol–water partition coefficient (Wildman–Crippen LogP) is 25.6. The minimum absolute atomic E-state index is 0.637. The van der Waals surface area contributed by atoms with E-state index in [9.17, 15) is 0 Å². The molecule has 0 spiro atoms. The third-order valence-electron chi connectivity index (χ3n) is 22.5. The molecule has 10 nitrogen and oxygen atoms in total. The van der Waals surface area contributed by atoms with Gasteiger partial charge in [0.1, 0.15) is 0 Å². The fraction of sp³-hybridized carbons (Fsp3) is 0.0196. The number of aryl methyl sites for hydroxylation is 2. The molecule has 0 aliphatic heterocycles. The Kier molecular flexibility index (Phi) is 14.8. The van der Waals surface area contributed by atoms with Gasteiger partial charge in [-0.2, -0.15) is 4.98 Å². The summed E-state index contributed by atoms with van der Waals surface area (Å²) in [4.78, 5) is 32.1. The summed E-state index contributed by atoms with van der Waals surface area (Å²) in [5.41, 5.74) is 28.1. The molecular formula is C102H66N10. The zero-order valence-corrected chi connectivity index (χ0v) is 61.1. The van der Waals surface area contributed by atoms with Crippen LogP contribution < -0.4 is 0 Å². The zero-order chi connectivity index (χ0) is 74.1. The number of benzene rings is 15. The van der Waals surface area contributed by atoms with Crippen LogP contribution in [0, 0.1) is 13.8 Å². The molecule has 0 atom stereocenters. The van der Waals surface area contributed by atoms with Crippen molar-refractivity contribution in [3.63, 3.8) is 0 Å². The first-order valence-corrected chi connectivity index (χ1v) is 38.0. The summed E-state index contributed by atoms with van der Waals surface area (Å²) in [6.45, 7) is 4.29. The first-order chi connectivity index (χ1) is 55.3. The van der Waals surface area contributed by atoms with E-state index in [1.165, 1.54) is 32.3 Å². The first kappa shape index (κ1) is 64.2. The molecule has 22 aromatic rings. The van der Waals surface area contributed by atoms with E-state index in [2.05, 4.69) is 378 Å². The minimum atomic E-state index is 0.637.